The van der Waals surface area contributed by atoms with E-state index in [1.807, 2.05) is 11.3 Å². The molecule has 0 radical (unpaired) electrons. The molecular formula is C10H14S. The molecule has 1 saturated carbocycles. The van der Waals surface area contributed by atoms with Crippen LogP contribution in [0.2, 0.25) is 0 Å². The minimum Gasteiger partial charge on any atom is -0.149 e. The number of hydrogen-bond acceptors (Lipinski definition) is 1. The van der Waals surface area contributed by atoms with Crippen molar-refractivity contribution in [1.82, 2.24) is 0 Å². The maximum atomic E-state index is 2.25. The Morgan fingerprint density at radius 1 is 1.45 bits per heavy atom. The van der Waals surface area contributed by atoms with Gasteiger partial charge in [-0.25, -0.2) is 0 Å². The van der Waals surface area contributed by atoms with Gasteiger partial charge in [0, 0.05) is 4.88 Å². The number of hydrogen-bond donors (Lipinski definition) is 0. The molecule has 2 rings (SSSR count). The van der Waals surface area contributed by atoms with Crippen LogP contribution < -0.4 is 0 Å². The Labute approximate surface area is 72.3 Å². The van der Waals surface area contributed by atoms with Crippen LogP contribution in [0, 0.1) is 5.92 Å². The molecule has 0 N–H and O–H groups in total. The molecule has 1 fully saturated rings. The summed E-state index contributed by atoms with van der Waals surface area (Å²) in [6.07, 6.45) is 7.22. The number of rotatable bonds is 3. The predicted octanol–water partition coefficient (Wildman–Crippen LogP) is 3.48. The summed E-state index contributed by atoms with van der Waals surface area (Å²) in [7, 11) is 0. The monoisotopic (exact) mass is 166 g/mol. The van der Waals surface area contributed by atoms with Gasteiger partial charge < -0.3 is 0 Å². The summed E-state index contributed by atoms with van der Waals surface area (Å²) in [5.74, 6) is 1.07. The van der Waals surface area contributed by atoms with Crippen molar-refractivity contribution in [3.8, 4) is 0 Å². The molecule has 1 aromatic heterocycles. The summed E-state index contributed by atoms with van der Waals surface area (Å²) < 4.78 is 0. The van der Waals surface area contributed by atoms with Crippen molar-refractivity contribution < 1.29 is 0 Å². The van der Waals surface area contributed by atoms with Crippen molar-refractivity contribution in [2.75, 3.05) is 0 Å². The van der Waals surface area contributed by atoms with Crippen molar-refractivity contribution >= 4 is 11.3 Å². The minimum absolute atomic E-state index is 1.07. The highest BCUT2D eigenvalue weighted by atomic mass is 32.1. The first-order valence-corrected chi connectivity index (χ1v) is 5.35. The molecule has 0 saturated heterocycles. The lowest BCUT2D eigenvalue weighted by molar-refractivity contribution is 0.297. The molecule has 60 valence electrons. The van der Waals surface area contributed by atoms with Gasteiger partial charge in [0.15, 0.2) is 0 Å². The van der Waals surface area contributed by atoms with Crippen molar-refractivity contribution in [1.29, 1.82) is 0 Å². The van der Waals surface area contributed by atoms with Gasteiger partial charge >= 0.3 is 0 Å². The standard InChI is InChI=1S/C10H14S/c1-3-9(4-1)6-7-10-5-2-8-11-10/h2,5,8-9H,1,3-4,6-7H2. The highest BCUT2D eigenvalue weighted by Gasteiger charge is 2.16. The fraction of sp³-hybridized carbons (Fsp3) is 0.600. The molecule has 0 atom stereocenters. The first-order chi connectivity index (χ1) is 5.45. The van der Waals surface area contributed by atoms with E-state index in [9.17, 15) is 0 Å². The highest BCUT2D eigenvalue weighted by molar-refractivity contribution is 7.09. The molecule has 1 aliphatic carbocycles. The van der Waals surface area contributed by atoms with Crippen LogP contribution in [0.15, 0.2) is 17.5 Å². The van der Waals surface area contributed by atoms with Gasteiger partial charge in [-0.2, -0.15) is 0 Å². The molecule has 0 unspecified atom stereocenters. The summed E-state index contributed by atoms with van der Waals surface area (Å²) >= 11 is 1.90. The maximum Gasteiger partial charge on any atom is 0.00453 e. The molecule has 0 amide bonds. The van der Waals surface area contributed by atoms with E-state index in [1.165, 1.54) is 32.1 Å². The average molecular weight is 166 g/mol. The fourth-order valence-corrected chi connectivity index (χ4v) is 2.31. The summed E-state index contributed by atoms with van der Waals surface area (Å²) in [5.41, 5.74) is 0. The maximum absolute atomic E-state index is 2.25. The molecule has 0 aliphatic heterocycles. The lowest BCUT2D eigenvalue weighted by Gasteiger charge is -2.24. The van der Waals surface area contributed by atoms with Gasteiger partial charge in [-0.05, 0) is 30.2 Å². The molecule has 1 heterocycles. The third kappa shape index (κ3) is 1.84. The average Bonchev–Trinajstić information content (AvgIpc) is 2.36. The smallest absolute Gasteiger partial charge is 0.00453 e. The molecule has 0 bridgehead atoms. The van der Waals surface area contributed by atoms with Crippen LogP contribution in [0.5, 0.6) is 0 Å². The lowest BCUT2D eigenvalue weighted by atomic mass is 9.82. The van der Waals surface area contributed by atoms with E-state index >= 15 is 0 Å². The Morgan fingerprint density at radius 2 is 2.36 bits per heavy atom. The molecular weight excluding hydrogens is 152 g/mol. The van der Waals surface area contributed by atoms with Gasteiger partial charge in [0.1, 0.15) is 0 Å². The molecule has 11 heavy (non-hydrogen) atoms. The quantitative estimate of drug-likeness (QED) is 0.645. The van der Waals surface area contributed by atoms with Crippen LogP contribution in [0.1, 0.15) is 30.6 Å². The van der Waals surface area contributed by atoms with E-state index in [-0.39, 0.29) is 0 Å². The summed E-state index contributed by atoms with van der Waals surface area (Å²) in [6, 6.07) is 4.41. The molecule has 1 heteroatoms. The summed E-state index contributed by atoms with van der Waals surface area (Å²) in [5, 5.41) is 2.18. The Bertz CT molecular complexity index is 197. The molecule has 0 spiro atoms. The van der Waals surface area contributed by atoms with Crippen molar-refractivity contribution in [2.45, 2.75) is 32.1 Å². The van der Waals surface area contributed by atoms with Crippen LogP contribution in [-0.2, 0) is 6.42 Å². The number of aryl methyl sites for hydroxylation is 1. The lowest BCUT2D eigenvalue weighted by Crippen LogP contribution is -2.11. The van der Waals surface area contributed by atoms with Gasteiger partial charge in [0.2, 0.25) is 0 Å². The number of thiophene rings is 1. The topological polar surface area (TPSA) is 0 Å². The summed E-state index contributed by atoms with van der Waals surface area (Å²) in [6.45, 7) is 0. The Kier molecular flexibility index (Phi) is 2.27. The highest BCUT2D eigenvalue weighted by Crippen LogP contribution is 2.30. The first-order valence-electron chi connectivity index (χ1n) is 4.47. The third-order valence-electron chi connectivity index (χ3n) is 2.60. The van der Waals surface area contributed by atoms with Crippen molar-refractivity contribution in [2.24, 2.45) is 5.92 Å². The van der Waals surface area contributed by atoms with E-state index in [2.05, 4.69) is 17.5 Å². The Balaban J connectivity index is 1.74. The molecule has 0 nitrogen and oxygen atoms in total. The van der Waals surface area contributed by atoms with Gasteiger partial charge in [-0.1, -0.05) is 25.3 Å². The van der Waals surface area contributed by atoms with Crippen LogP contribution in [0.4, 0.5) is 0 Å². The SMILES string of the molecule is c1csc(CCC2CCC2)c1. The van der Waals surface area contributed by atoms with Crippen molar-refractivity contribution in [3.63, 3.8) is 0 Å². The normalized spacial score (nSPS) is 18.2. The molecule has 1 aromatic rings. The van der Waals surface area contributed by atoms with Crippen LogP contribution >= 0.6 is 11.3 Å². The van der Waals surface area contributed by atoms with Crippen molar-refractivity contribution in [3.05, 3.63) is 22.4 Å². The fourth-order valence-electron chi connectivity index (χ4n) is 1.58. The second-order valence-corrected chi connectivity index (χ2v) is 4.45. The Hall–Kier alpha value is -0.300. The van der Waals surface area contributed by atoms with Crippen LogP contribution in [0.25, 0.3) is 0 Å². The zero-order valence-electron chi connectivity index (χ0n) is 6.75. The van der Waals surface area contributed by atoms with Gasteiger partial charge in [-0.15, -0.1) is 11.3 Å². The van der Waals surface area contributed by atoms with E-state index in [0.717, 1.165) is 5.92 Å². The second-order valence-electron chi connectivity index (χ2n) is 3.41. The van der Waals surface area contributed by atoms with Crippen LogP contribution in [-0.4, -0.2) is 0 Å². The summed E-state index contributed by atoms with van der Waals surface area (Å²) in [4.78, 5) is 1.57. The van der Waals surface area contributed by atoms with E-state index in [4.69, 9.17) is 0 Å². The Morgan fingerprint density at radius 3 is 2.91 bits per heavy atom. The largest absolute Gasteiger partial charge is 0.149 e. The minimum atomic E-state index is 1.07. The third-order valence-corrected chi connectivity index (χ3v) is 3.54. The zero-order valence-corrected chi connectivity index (χ0v) is 7.57. The second kappa shape index (κ2) is 3.40. The van der Waals surface area contributed by atoms with E-state index in [0.29, 0.717) is 0 Å². The first kappa shape index (κ1) is 7.35. The zero-order chi connectivity index (χ0) is 7.52. The van der Waals surface area contributed by atoms with Gasteiger partial charge in [0.25, 0.3) is 0 Å². The van der Waals surface area contributed by atoms with Crippen LogP contribution in [0.3, 0.4) is 0 Å². The van der Waals surface area contributed by atoms with Gasteiger partial charge in [0.05, 0.1) is 0 Å². The molecule has 0 aromatic carbocycles. The van der Waals surface area contributed by atoms with E-state index in [1.54, 1.807) is 4.88 Å². The predicted molar refractivity (Wildman–Crippen MR) is 50.0 cm³/mol. The molecule has 1 aliphatic rings. The van der Waals surface area contributed by atoms with Gasteiger partial charge in [-0.3, -0.25) is 0 Å². The van der Waals surface area contributed by atoms with E-state index < -0.39 is 0 Å².